The van der Waals surface area contributed by atoms with Crippen molar-refractivity contribution in [3.05, 3.63) is 0 Å². The van der Waals surface area contributed by atoms with Crippen molar-refractivity contribution in [2.45, 2.75) is 32.0 Å². The molecule has 0 aliphatic carbocycles. The first-order chi connectivity index (χ1) is 6.70. The van der Waals surface area contributed by atoms with Crippen LogP contribution in [0, 0.1) is 0 Å². The Bertz CT molecular complexity index is 183. The van der Waals surface area contributed by atoms with Crippen molar-refractivity contribution in [2.24, 2.45) is 5.73 Å². The monoisotopic (exact) mass is 228 g/mol. The van der Waals surface area contributed by atoms with Crippen molar-refractivity contribution < 1.29 is 18.3 Å². The van der Waals surface area contributed by atoms with Gasteiger partial charge in [0.1, 0.15) is 0 Å². The van der Waals surface area contributed by atoms with Crippen LogP contribution in [0.4, 0.5) is 13.2 Å². The van der Waals surface area contributed by atoms with Crippen LogP contribution in [-0.4, -0.2) is 48.0 Å². The van der Waals surface area contributed by atoms with Crippen LogP contribution < -0.4 is 5.73 Å². The largest absolute Gasteiger partial charge is 0.401 e. The molecule has 0 aromatic heterocycles. The normalized spacial score (nSPS) is 16.8. The highest BCUT2D eigenvalue weighted by Gasteiger charge is 2.30. The highest BCUT2D eigenvalue weighted by molar-refractivity contribution is 4.79. The number of nitrogens with zero attached hydrogens (tertiary/aromatic N) is 1. The summed E-state index contributed by atoms with van der Waals surface area (Å²) in [6.45, 7) is 2.69. The first-order valence-electron chi connectivity index (χ1n) is 4.89. The molecule has 0 radical (unpaired) electrons. The van der Waals surface area contributed by atoms with Gasteiger partial charge >= 0.3 is 6.18 Å². The summed E-state index contributed by atoms with van der Waals surface area (Å²) in [4.78, 5) is 1.26. The lowest BCUT2D eigenvalue weighted by atomic mass is 10.0. The Morgan fingerprint density at radius 3 is 2.20 bits per heavy atom. The van der Waals surface area contributed by atoms with E-state index < -0.39 is 18.3 Å². The number of aliphatic hydroxyl groups excluding tert-OH is 1. The molecule has 0 fully saturated rings. The van der Waals surface area contributed by atoms with Crippen molar-refractivity contribution >= 4 is 0 Å². The number of hydrogen-bond acceptors (Lipinski definition) is 3. The van der Waals surface area contributed by atoms with E-state index in [-0.39, 0.29) is 13.2 Å². The number of halogens is 3. The van der Waals surface area contributed by atoms with E-state index in [9.17, 15) is 13.2 Å². The maximum atomic E-state index is 12.1. The van der Waals surface area contributed by atoms with E-state index in [1.54, 1.807) is 13.8 Å². The van der Waals surface area contributed by atoms with Crippen molar-refractivity contribution in [3.8, 4) is 0 Å². The molecule has 0 saturated carbocycles. The molecule has 0 aromatic rings. The van der Waals surface area contributed by atoms with E-state index in [2.05, 4.69) is 0 Å². The number of hydrogen-bond donors (Lipinski definition) is 2. The van der Waals surface area contributed by atoms with Gasteiger partial charge in [-0.3, -0.25) is 4.90 Å². The second-order valence-corrected chi connectivity index (χ2v) is 4.05. The van der Waals surface area contributed by atoms with Crippen LogP contribution in [0.1, 0.15) is 20.3 Å². The van der Waals surface area contributed by atoms with Gasteiger partial charge in [0.25, 0.3) is 0 Å². The Morgan fingerprint density at radius 2 is 1.87 bits per heavy atom. The van der Waals surface area contributed by atoms with Gasteiger partial charge < -0.3 is 10.8 Å². The third-order valence-corrected chi connectivity index (χ3v) is 2.21. The van der Waals surface area contributed by atoms with Gasteiger partial charge in [-0.15, -0.1) is 0 Å². The molecule has 0 rings (SSSR count). The zero-order chi connectivity index (χ0) is 12.1. The van der Waals surface area contributed by atoms with Crippen molar-refractivity contribution in [2.75, 3.05) is 26.2 Å². The topological polar surface area (TPSA) is 49.5 Å². The summed E-state index contributed by atoms with van der Waals surface area (Å²) < 4.78 is 36.2. The third kappa shape index (κ3) is 7.58. The van der Waals surface area contributed by atoms with E-state index in [1.165, 1.54) is 4.90 Å². The third-order valence-electron chi connectivity index (χ3n) is 2.21. The molecule has 0 spiro atoms. The fraction of sp³-hybridized carbons (Fsp3) is 1.00. The molecular formula is C9H19F3N2O. The molecular weight excluding hydrogens is 209 g/mol. The summed E-state index contributed by atoms with van der Waals surface area (Å²) in [6, 6.07) is 0. The van der Waals surface area contributed by atoms with Crippen molar-refractivity contribution in [1.29, 1.82) is 0 Å². The predicted octanol–water partition coefficient (Wildman–Crippen LogP) is 0.970. The zero-order valence-corrected chi connectivity index (χ0v) is 9.14. The quantitative estimate of drug-likeness (QED) is 0.712. The summed E-state index contributed by atoms with van der Waals surface area (Å²) in [5.41, 5.74) is 4.82. The van der Waals surface area contributed by atoms with E-state index >= 15 is 0 Å². The molecule has 0 heterocycles. The SMILES string of the molecule is CCN(CCC(C)(N)CO)CC(F)(F)F. The predicted molar refractivity (Wildman–Crippen MR) is 52.5 cm³/mol. The lowest BCUT2D eigenvalue weighted by Gasteiger charge is -2.27. The fourth-order valence-corrected chi connectivity index (χ4v) is 1.10. The number of alkyl halides is 3. The maximum Gasteiger partial charge on any atom is 0.401 e. The summed E-state index contributed by atoms with van der Waals surface area (Å²) >= 11 is 0. The van der Waals surface area contributed by atoms with Gasteiger partial charge in [0.2, 0.25) is 0 Å². The molecule has 0 amide bonds. The molecule has 1 atom stereocenters. The van der Waals surface area contributed by atoms with Crippen LogP contribution in [0.3, 0.4) is 0 Å². The van der Waals surface area contributed by atoms with Crippen LogP contribution in [0.15, 0.2) is 0 Å². The summed E-state index contributed by atoms with van der Waals surface area (Å²) in [6.07, 6.45) is -3.84. The van der Waals surface area contributed by atoms with E-state index in [0.717, 1.165) is 0 Å². The molecule has 0 aromatic carbocycles. The van der Waals surface area contributed by atoms with Crippen LogP contribution >= 0.6 is 0 Å². The highest BCUT2D eigenvalue weighted by Crippen LogP contribution is 2.17. The molecule has 3 N–H and O–H groups in total. The van der Waals surface area contributed by atoms with E-state index in [0.29, 0.717) is 13.0 Å². The standard InChI is InChI=1S/C9H19F3N2O/c1-3-14(6-9(10,11)12)5-4-8(2,13)7-15/h15H,3-7,13H2,1-2H3. The van der Waals surface area contributed by atoms with Gasteiger partial charge in [0.05, 0.1) is 13.2 Å². The Morgan fingerprint density at radius 1 is 1.33 bits per heavy atom. The van der Waals surface area contributed by atoms with Crippen LogP contribution in [0.5, 0.6) is 0 Å². The molecule has 0 saturated heterocycles. The summed E-state index contributed by atoms with van der Waals surface area (Å²) in [5, 5.41) is 8.85. The molecule has 0 aliphatic rings. The van der Waals surface area contributed by atoms with Crippen molar-refractivity contribution in [1.82, 2.24) is 4.90 Å². The summed E-state index contributed by atoms with van der Waals surface area (Å²) in [7, 11) is 0. The first-order valence-corrected chi connectivity index (χ1v) is 4.89. The molecule has 15 heavy (non-hydrogen) atoms. The maximum absolute atomic E-state index is 12.1. The average Bonchev–Trinajstić information content (AvgIpc) is 2.10. The lowest BCUT2D eigenvalue weighted by Crippen LogP contribution is -2.45. The minimum Gasteiger partial charge on any atom is -0.394 e. The second-order valence-electron chi connectivity index (χ2n) is 4.05. The molecule has 3 nitrogen and oxygen atoms in total. The van der Waals surface area contributed by atoms with E-state index in [4.69, 9.17) is 10.8 Å². The Labute approximate surface area is 88.0 Å². The fourth-order valence-electron chi connectivity index (χ4n) is 1.10. The smallest absolute Gasteiger partial charge is 0.394 e. The number of aliphatic hydroxyl groups is 1. The van der Waals surface area contributed by atoms with Crippen molar-refractivity contribution in [3.63, 3.8) is 0 Å². The molecule has 0 aliphatic heterocycles. The van der Waals surface area contributed by atoms with Gasteiger partial charge in [0.15, 0.2) is 0 Å². The average molecular weight is 228 g/mol. The molecule has 92 valence electrons. The van der Waals surface area contributed by atoms with Crippen LogP contribution in [0.25, 0.3) is 0 Å². The lowest BCUT2D eigenvalue weighted by molar-refractivity contribution is -0.146. The number of nitrogens with two attached hydrogens (primary N) is 1. The minimum absolute atomic E-state index is 0.226. The molecule has 6 heteroatoms. The van der Waals surface area contributed by atoms with Gasteiger partial charge in [-0.1, -0.05) is 6.92 Å². The second kappa shape index (κ2) is 5.67. The van der Waals surface area contributed by atoms with Gasteiger partial charge in [0, 0.05) is 12.1 Å². The van der Waals surface area contributed by atoms with E-state index in [1.807, 2.05) is 0 Å². The first kappa shape index (κ1) is 14.7. The zero-order valence-electron chi connectivity index (χ0n) is 9.14. The summed E-state index contributed by atoms with van der Waals surface area (Å²) in [5.74, 6) is 0. The van der Waals surface area contributed by atoms with Crippen LogP contribution in [0.2, 0.25) is 0 Å². The Balaban J connectivity index is 4.01. The van der Waals surface area contributed by atoms with Gasteiger partial charge in [-0.05, 0) is 19.9 Å². The highest BCUT2D eigenvalue weighted by atomic mass is 19.4. The Kier molecular flexibility index (Phi) is 5.55. The Hall–Kier alpha value is -0.330. The number of rotatable bonds is 6. The van der Waals surface area contributed by atoms with Crippen LogP contribution in [-0.2, 0) is 0 Å². The molecule has 1 unspecified atom stereocenters. The molecule has 0 bridgehead atoms. The van der Waals surface area contributed by atoms with Gasteiger partial charge in [-0.25, -0.2) is 0 Å². The van der Waals surface area contributed by atoms with Gasteiger partial charge in [-0.2, -0.15) is 13.2 Å². The minimum atomic E-state index is -4.18.